The van der Waals surface area contributed by atoms with Gasteiger partial charge >= 0.3 is 12.1 Å². The van der Waals surface area contributed by atoms with E-state index < -0.39 is 53.5 Å². The first kappa shape index (κ1) is 54.3. The molecule has 0 bridgehead atoms. The van der Waals surface area contributed by atoms with Crippen molar-refractivity contribution in [2.24, 2.45) is 42.3 Å². The highest BCUT2D eigenvalue weighted by atomic mass is 16.5. The highest BCUT2D eigenvalue weighted by molar-refractivity contribution is 6.08. The highest BCUT2D eigenvalue weighted by Crippen LogP contribution is 2.44. The van der Waals surface area contributed by atoms with Gasteiger partial charge in [0.15, 0.2) is 17.5 Å². The molecule has 26 nitrogen and oxygen atoms in total. The zero-order valence-corrected chi connectivity index (χ0v) is 44.5. The maximum atomic E-state index is 14.1. The number of nitrogens with zero attached hydrogens (tertiary/aromatic N) is 9. The fourth-order valence-corrected chi connectivity index (χ4v) is 9.24. The molecular formula is C54H56N16O10. The van der Waals surface area contributed by atoms with Crippen LogP contribution < -0.4 is 37.2 Å². The van der Waals surface area contributed by atoms with Crippen LogP contribution >= 0.6 is 0 Å². The number of ether oxygens (including phenoxy) is 2. The number of anilines is 5. The summed E-state index contributed by atoms with van der Waals surface area (Å²) in [6.07, 6.45) is 9.59. The number of alkyl carbamates (subject to hydrolysis) is 1. The Morgan fingerprint density at radius 1 is 0.550 bits per heavy atom. The van der Waals surface area contributed by atoms with Gasteiger partial charge in [0.1, 0.15) is 29.7 Å². The zero-order chi connectivity index (χ0) is 56.9. The van der Waals surface area contributed by atoms with E-state index in [1.54, 1.807) is 76.9 Å². The van der Waals surface area contributed by atoms with Gasteiger partial charge in [-0.2, -0.15) is 0 Å². The summed E-state index contributed by atoms with van der Waals surface area (Å²) in [7, 11) is 9.65. The molecule has 0 saturated heterocycles. The fourth-order valence-electron chi connectivity index (χ4n) is 9.24. The third-order valence-electron chi connectivity index (χ3n) is 13.1. The number of imidazole rings is 3. The van der Waals surface area contributed by atoms with E-state index in [1.165, 1.54) is 61.3 Å². The second-order valence-electron chi connectivity index (χ2n) is 18.8. The Bertz CT molecular complexity index is 3700. The van der Waals surface area contributed by atoms with Gasteiger partial charge in [-0.3, -0.25) is 28.8 Å². The SMILES string of the molecule is CCOC(=O)c1nc(NC(=O)c2cc(NC(=O)[C@H](CCNC(=O)c3nc(NC(=O)c4cc(NC(=O)c5cc(NC(=O)c6nccn6C)cn5C)cn4C)cn3C)NC(=O)OCC3c4ccccc4-c4ccccc43)cn2C)cn1C. The molecule has 2 aromatic carbocycles. The molecule has 0 radical (unpaired) electrons. The fraction of sp³-hybridized carbons (Fsp3) is 0.241. The van der Waals surface area contributed by atoms with Crippen LogP contribution in [0.2, 0.25) is 0 Å². The van der Waals surface area contributed by atoms with E-state index in [9.17, 15) is 38.4 Å². The average molecular weight is 1090 g/mol. The van der Waals surface area contributed by atoms with Gasteiger partial charge in [0, 0.05) is 98.1 Å². The Kier molecular flexibility index (Phi) is 15.6. The molecule has 0 spiro atoms. The first-order valence-corrected chi connectivity index (χ1v) is 25.0. The lowest BCUT2D eigenvalue weighted by molar-refractivity contribution is -0.118. The van der Waals surface area contributed by atoms with E-state index in [4.69, 9.17) is 9.47 Å². The number of carbonyl (C=O) groups excluding carboxylic acids is 8. The minimum absolute atomic E-state index is 0.0149. The van der Waals surface area contributed by atoms with E-state index >= 15 is 0 Å². The largest absolute Gasteiger partial charge is 0.460 e. The number of esters is 1. The molecular weight excluding hydrogens is 1030 g/mol. The van der Waals surface area contributed by atoms with E-state index in [2.05, 4.69) is 52.2 Å². The Morgan fingerprint density at radius 3 is 1.59 bits per heavy atom. The quantitative estimate of drug-likeness (QED) is 0.0539. The van der Waals surface area contributed by atoms with E-state index in [0.717, 1.165) is 22.3 Å². The summed E-state index contributed by atoms with van der Waals surface area (Å²) >= 11 is 0. The number of fused-ring (bicyclic) bond motifs is 3. The first-order chi connectivity index (χ1) is 38.3. The molecule has 7 amide bonds. The monoisotopic (exact) mass is 1090 g/mol. The lowest BCUT2D eigenvalue weighted by Gasteiger charge is -2.20. The lowest BCUT2D eigenvalue weighted by Crippen LogP contribution is -2.46. The number of nitrogens with one attached hydrogen (secondary N) is 7. The second-order valence-corrected chi connectivity index (χ2v) is 18.8. The van der Waals surface area contributed by atoms with Gasteiger partial charge in [0.2, 0.25) is 17.6 Å². The van der Waals surface area contributed by atoms with Crippen LogP contribution in [-0.2, 0) is 56.6 Å². The van der Waals surface area contributed by atoms with Crippen molar-refractivity contribution < 1.29 is 47.8 Å². The molecule has 0 saturated carbocycles. The summed E-state index contributed by atoms with van der Waals surface area (Å²) < 4.78 is 19.7. The number of aryl methyl sites for hydroxylation is 6. The molecule has 1 aliphatic carbocycles. The number of carbonyl (C=O) groups is 8. The molecule has 6 aromatic heterocycles. The summed E-state index contributed by atoms with van der Waals surface area (Å²) in [5.74, 6) is -4.26. The molecule has 1 atom stereocenters. The van der Waals surface area contributed by atoms with Crippen LogP contribution in [0.5, 0.6) is 0 Å². The van der Waals surface area contributed by atoms with Gasteiger partial charge in [-0.1, -0.05) is 48.5 Å². The van der Waals surface area contributed by atoms with Crippen molar-refractivity contribution in [2.75, 3.05) is 46.3 Å². The molecule has 26 heteroatoms. The van der Waals surface area contributed by atoms with Crippen molar-refractivity contribution in [1.82, 2.24) is 53.0 Å². The van der Waals surface area contributed by atoms with Crippen molar-refractivity contribution in [3.63, 3.8) is 0 Å². The van der Waals surface area contributed by atoms with Crippen molar-refractivity contribution in [1.29, 1.82) is 0 Å². The van der Waals surface area contributed by atoms with Crippen LogP contribution in [0.15, 0.2) is 110 Å². The van der Waals surface area contributed by atoms with Gasteiger partial charge in [0.25, 0.3) is 29.5 Å². The summed E-state index contributed by atoms with van der Waals surface area (Å²) in [5, 5.41) is 18.9. The van der Waals surface area contributed by atoms with Crippen molar-refractivity contribution >= 4 is 76.2 Å². The maximum absolute atomic E-state index is 14.1. The first-order valence-electron chi connectivity index (χ1n) is 25.0. The molecule has 8 aromatic rings. The Balaban J connectivity index is 0.831. The summed E-state index contributed by atoms with van der Waals surface area (Å²) in [6, 6.07) is 18.8. The molecule has 1 aliphatic rings. The third-order valence-corrected chi connectivity index (χ3v) is 13.1. The van der Waals surface area contributed by atoms with Gasteiger partial charge in [-0.25, -0.2) is 24.5 Å². The summed E-state index contributed by atoms with van der Waals surface area (Å²) in [4.78, 5) is 119. The Hall–Kier alpha value is -10.5. The van der Waals surface area contributed by atoms with Gasteiger partial charge in [-0.05, 0) is 53.8 Å². The standard InChI is InChI=1S/C54H56N16O10/c1-8-79-53(77)46-62-43(28-70(46)7)64-50(74)40-21-30(24-67(40)4)57-47(71)38(60-54(78)80-29-37-35-15-11-9-13-33(35)34-14-10-12-16-36(34)37)17-18-56-51(75)45-61-42(27-69(45)6)63-49(73)41-22-31(25-68(41)5)58-48(72)39-23-32(26-66(39)3)59-52(76)44-55-19-20-65(44)2/h9-16,19-28,37-38H,8,17-18,29H2,1-7H3,(H,56,75)(H,57,71)(H,58,72)(H,59,76)(H,60,78)(H,63,73)(H,64,74)/t38-/m0/s1. The third kappa shape index (κ3) is 11.7. The molecule has 0 aliphatic heterocycles. The minimum Gasteiger partial charge on any atom is -0.460 e. The molecule has 80 heavy (non-hydrogen) atoms. The normalized spacial score (nSPS) is 11.9. The van der Waals surface area contributed by atoms with Gasteiger partial charge in [-0.15, -0.1) is 0 Å². The summed E-state index contributed by atoms with van der Waals surface area (Å²) in [6.45, 7) is 1.61. The van der Waals surface area contributed by atoms with Crippen LogP contribution in [0.1, 0.15) is 93.7 Å². The van der Waals surface area contributed by atoms with Crippen LogP contribution in [0.4, 0.5) is 33.5 Å². The second kappa shape index (κ2) is 23.0. The number of aromatic nitrogens is 9. The maximum Gasteiger partial charge on any atom is 0.407 e. The molecule has 0 fully saturated rings. The van der Waals surface area contributed by atoms with E-state index in [0.29, 0.717) is 11.4 Å². The van der Waals surface area contributed by atoms with Crippen molar-refractivity contribution in [3.8, 4) is 11.1 Å². The van der Waals surface area contributed by atoms with Crippen LogP contribution in [0, 0.1) is 0 Å². The van der Waals surface area contributed by atoms with Crippen molar-refractivity contribution in [2.45, 2.75) is 25.3 Å². The van der Waals surface area contributed by atoms with Crippen LogP contribution in [0.25, 0.3) is 11.1 Å². The minimum atomic E-state index is -1.29. The zero-order valence-electron chi connectivity index (χ0n) is 44.5. The lowest BCUT2D eigenvalue weighted by atomic mass is 9.98. The van der Waals surface area contributed by atoms with Crippen LogP contribution in [0.3, 0.4) is 0 Å². The van der Waals surface area contributed by atoms with E-state index in [1.807, 2.05) is 48.5 Å². The number of amides is 7. The number of benzene rings is 2. The Morgan fingerprint density at radius 2 is 1.05 bits per heavy atom. The molecule has 6 heterocycles. The summed E-state index contributed by atoms with van der Waals surface area (Å²) in [5.41, 5.74) is 5.40. The number of rotatable bonds is 19. The topological polar surface area (TPSA) is 307 Å². The van der Waals surface area contributed by atoms with Gasteiger partial charge < -0.3 is 74.1 Å². The van der Waals surface area contributed by atoms with E-state index in [-0.39, 0.29) is 84.0 Å². The number of hydrogen-bond acceptors (Lipinski definition) is 13. The molecule has 0 unspecified atom stereocenters. The smallest absolute Gasteiger partial charge is 0.407 e. The predicted octanol–water partition coefficient (Wildman–Crippen LogP) is 4.75. The number of hydrogen-bond donors (Lipinski definition) is 7. The van der Waals surface area contributed by atoms with Crippen LogP contribution in [-0.4, -0.2) is 116 Å². The predicted molar refractivity (Wildman–Crippen MR) is 291 cm³/mol. The Labute approximate surface area is 456 Å². The van der Waals surface area contributed by atoms with Gasteiger partial charge in [0.05, 0.1) is 23.7 Å². The highest BCUT2D eigenvalue weighted by Gasteiger charge is 2.31. The molecule has 7 N–H and O–H groups in total. The molecule has 9 rings (SSSR count). The van der Waals surface area contributed by atoms with Crippen molar-refractivity contribution in [3.05, 3.63) is 156 Å². The average Bonchev–Trinajstić information content (AvgIpc) is 4.35. The molecule has 412 valence electrons.